The summed E-state index contributed by atoms with van der Waals surface area (Å²) in [5.41, 5.74) is 32.2. The van der Waals surface area contributed by atoms with Gasteiger partial charge >= 0.3 is 0 Å². The van der Waals surface area contributed by atoms with Crippen LogP contribution in [0, 0.1) is 12.8 Å². The molecule has 0 N–H and O–H groups in total. The third-order valence-electron chi connectivity index (χ3n) is 18.5. The van der Waals surface area contributed by atoms with E-state index in [1.54, 1.807) is 0 Å². The van der Waals surface area contributed by atoms with Crippen molar-refractivity contribution >= 4 is 33.4 Å². The molecule has 346 valence electrons. The highest BCUT2D eigenvalue weighted by atomic mass is 15.1. The quantitative estimate of drug-likeness (QED) is 0.170. The Bertz CT molecular complexity index is 3850. The summed E-state index contributed by atoms with van der Waals surface area (Å²) in [7, 11) is 0. The summed E-state index contributed by atoms with van der Waals surface area (Å²) >= 11 is 0. The SMILES string of the molecule is CC1=CC2=C(C3=CC=CCC13)c1cc3c(cc1C2(C)C)-c1ccc(N(c2ccc4c(c2)C(C)(C)c2cc5c(cc2-4)C(C)(C)c2cc(C)c4ccccc4c2-5)c2ccccc2-c2ccccc2)cc1C3(C)C. The van der Waals surface area contributed by atoms with Crippen LogP contribution in [0.4, 0.5) is 17.1 Å². The highest BCUT2D eigenvalue weighted by Gasteiger charge is 2.46. The van der Waals surface area contributed by atoms with Gasteiger partial charge in [0.15, 0.2) is 0 Å². The molecule has 0 aromatic heterocycles. The average Bonchev–Trinajstić information content (AvgIpc) is 3.93. The van der Waals surface area contributed by atoms with Crippen molar-refractivity contribution in [3.05, 3.63) is 237 Å². The summed E-state index contributed by atoms with van der Waals surface area (Å²) in [6.45, 7) is 24.2. The van der Waals surface area contributed by atoms with Crippen LogP contribution in [0.25, 0.3) is 60.9 Å². The molecule has 0 amide bonds. The number of allylic oxidation sites excluding steroid dienone is 8. The third-order valence-corrected chi connectivity index (χ3v) is 18.5. The third kappa shape index (κ3) is 5.58. The van der Waals surface area contributed by atoms with E-state index in [1.807, 2.05) is 0 Å². The Morgan fingerprint density at radius 2 is 0.986 bits per heavy atom. The fourth-order valence-corrected chi connectivity index (χ4v) is 14.5. The highest BCUT2D eigenvalue weighted by Crippen LogP contribution is 2.61. The number of anilines is 3. The van der Waals surface area contributed by atoms with E-state index in [0.29, 0.717) is 5.92 Å². The fourth-order valence-electron chi connectivity index (χ4n) is 14.5. The molecule has 1 unspecified atom stereocenters. The van der Waals surface area contributed by atoms with Gasteiger partial charge in [-0.25, -0.2) is 0 Å². The summed E-state index contributed by atoms with van der Waals surface area (Å²) < 4.78 is 0. The molecule has 0 saturated carbocycles. The molecule has 0 spiro atoms. The maximum atomic E-state index is 2.60. The Balaban J connectivity index is 0.926. The first-order valence-corrected chi connectivity index (χ1v) is 26.0. The summed E-state index contributed by atoms with van der Waals surface area (Å²) in [4.78, 5) is 2.55. The van der Waals surface area contributed by atoms with E-state index in [2.05, 4.69) is 244 Å². The maximum absolute atomic E-state index is 2.60. The van der Waals surface area contributed by atoms with Crippen molar-refractivity contribution in [1.82, 2.24) is 0 Å². The molecule has 1 nitrogen and oxygen atoms in total. The van der Waals surface area contributed by atoms with Crippen LogP contribution in [-0.4, -0.2) is 0 Å². The molecule has 0 fully saturated rings. The Hall–Kier alpha value is -7.22. The van der Waals surface area contributed by atoms with Crippen LogP contribution in [0.15, 0.2) is 187 Å². The largest absolute Gasteiger partial charge is 0.310 e. The first kappa shape index (κ1) is 42.6. The summed E-state index contributed by atoms with van der Waals surface area (Å²) in [5, 5.41) is 2.71. The van der Waals surface area contributed by atoms with Gasteiger partial charge in [0.2, 0.25) is 0 Å². The lowest BCUT2D eigenvalue weighted by atomic mass is 9.72. The molecule has 0 radical (unpaired) electrons. The van der Waals surface area contributed by atoms with E-state index in [1.165, 1.54) is 145 Å². The second-order valence-electron chi connectivity index (χ2n) is 23.7. The summed E-state index contributed by atoms with van der Waals surface area (Å²) in [6, 6.07) is 56.4. The van der Waals surface area contributed by atoms with Gasteiger partial charge < -0.3 is 4.90 Å². The molecule has 8 aromatic rings. The van der Waals surface area contributed by atoms with E-state index < -0.39 is 0 Å². The van der Waals surface area contributed by atoms with Crippen LogP contribution >= 0.6 is 0 Å². The monoisotopic (exact) mass is 915 g/mol. The normalized spacial score (nSPS) is 19.2. The molecule has 71 heavy (non-hydrogen) atoms. The number of para-hydroxylation sites is 1. The fraction of sp³-hybridized carbons (Fsp3) is 0.229. The molecular weight excluding hydrogens is 855 g/mol. The first-order valence-electron chi connectivity index (χ1n) is 26.0. The molecule has 1 heteroatoms. The lowest BCUT2D eigenvalue weighted by Crippen LogP contribution is -2.20. The minimum absolute atomic E-state index is 0.0893. The van der Waals surface area contributed by atoms with Crippen molar-refractivity contribution in [2.75, 3.05) is 4.90 Å². The van der Waals surface area contributed by atoms with Gasteiger partial charge in [0.25, 0.3) is 0 Å². The van der Waals surface area contributed by atoms with E-state index in [9.17, 15) is 0 Å². The van der Waals surface area contributed by atoms with Crippen LogP contribution in [0.1, 0.15) is 119 Å². The molecule has 1 atom stereocenters. The second-order valence-corrected chi connectivity index (χ2v) is 23.7. The Kier molecular flexibility index (Phi) is 8.54. The smallest absolute Gasteiger partial charge is 0.0540 e. The van der Waals surface area contributed by atoms with Crippen molar-refractivity contribution in [3.8, 4) is 44.5 Å². The number of rotatable bonds is 4. The van der Waals surface area contributed by atoms with Crippen LogP contribution in [-0.2, 0) is 21.7 Å². The van der Waals surface area contributed by atoms with Crippen LogP contribution in [0.2, 0.25) is 0 Å². The van der Waals surface area contributed by atoms with Crippen molar-refractivity contribution in [3.63, 3.8) is 0 Å². The van der Waals surface area contributed by atoms with Crippen molar-refractivity contribution in [2.45, 2.75) is 97.3 Å². The van der Waals surface area contributed by atoms with E-state index in [4.69, 9.17) is 0 Å². The highest BCUT2D eigenvalue weighted by molar-refractivity contribution is 6.05. The number of nitrogens with zero attached hydrogens (tertiary/aromatic N) is 1. The molecule has 14 rings (SSSR count). The maximum Gasteiger partial charge on any atom is 0.0540 e. The zero-order valence-electron chi connectivity index (χ0n) is 42.9. The van der Waals surface area contributed by atoms with E-state index in [0.717, 1.165) is 6.42 Å². The Morgan fingerprint density at radius 1 is 0.451 bits per heavy atom. The number of fused-ring (bicyclic) bond motifs is 15. The van der Waals surface area contributed by atoms with Gasteiger partial charge in [0.05, 0.1) is 5.69 Å². The zero-order chi connectivity index (χ0) is 48.7. The minimum Gasteiger partial charge on any atom is -0.310 e. The van der Waals surface area contributed by atoms with Crippen LogP contribution < -0.4 is 4.90 Å². The van der Waals surface area contributed by atoms with E-state index >= 15 is 0 Å². The second kappa shape index (κ2) is 14.2. The number of benzene rings is 8. The standard InChI is InChI=1S/C70H61N/c1-40-32-62-65(50-25-16-14-22-45(40)50)54-38-58-52(36-60(54)69(62,7)8)48-30-28-43(34-56(48)67(58,3)4)71(64-27-19-18-24-47(64)42-20-12-11-13-21-42)44-29-31-49-53-37-61-55(39-59(53)68(5,6)57(49)35-44)66-51-26-17-15-23-46(51)41(2)33-63(66)70(61,9)10/h11-22,24-39,46H,23H2,1-10H3. The average molecular weight is 916 g/mol. The van der Waals surface area contributed by atoms with E-state index in [-0.39, 0.29) is 21.7 Å². The summed E-state index contributed by atoms with van der Waals surface area (Å²) in [5.74, 6) is 0.459. The summed E-state index contributed by atoms with van der Waals surface area (Å²) in [6.07, 6.45) is 10.6. The Morgan fingerprint density at radius 3 is 1.66 bits per heavy atom. The zero-order valence-corrected chi connectivity index (χ0v) is 42.9. The minimum atomic E-state index is -0.227. The molecule has 0 aliphatic heterocycles. The van der Waals surface area contributed by atoms with Crippen molar-refractivity contribution in [1.29, 1.82) is 0 Å². The number of hydrogen-bond donors (Lipinski definition) is 0. The van der Waals surface area contributed by atoms with Gasteiger partial charge in [0, 0.05) is 44.5 Å². The lowest BCUT2D eigenvalue weighted by Gasteiger charge is -2.31. The first-order chi connectivity index (χ1) is 34.1. The number of aryl methyl sites for hydroxylation is 1. The van der Waals surface area contributed by atoms with Crippen molar-refractivity contribution in [2.24, 2.45) is 5.92 Å². The topological polar surface area (TPSA) is 3.24 Å². The van der Waals surface area contributed by atoms with Crippen molar-refractivity contribution < 1.29 is 0 Å². The predicted molar refractivity (Wildman–Crippen MR) is 301 cm³/mol. The number of hydrogen-bond acceptors (Lipinski definition) is 1. The van der Waals surface area contributed by atoms with Gasteiger partial charge in [-0.15, -0.1) is 0 Å². The molecular formula is C70H61N. The van der Waals surface area contributed by atoms with Crippen LogP contribution in [0.5, 0.6) is 0 Å². The van der Waals surface area contributed by atoms with Gasteiger partial charge in [-0.3, -0.25) is 0 Å². The molecule has 6 aliphatic carbocycles. The van der Waals surface area contributed by atoms with Gasteiger partial charge in [-0.2, -0.15) is 0 Å². The Labute approximate surface area is 420 Å². The molecule has 0 saturated heterocycles. The molecule has 0 bridgehead atoms. The lowest BCUT2D eigenvalue weighted by molar-refractivity contribution is 0.639. The molecule has 0 heterocycles. The van der Waals surface area contributed by atoms with Gasteiger partial charge in [-0.05, 0) is 191 Å². The van der Waals surface area contributed by atoms with Gasteiger partial charge in [-0.1, -0.05) is 176 Å². The van der Waals surface area contributed by atoms with Crippen LogP contribution in [0.3, 0.4) is 0 Å². The molecule has 6 aliphatic rings. The van der Waals surface area contributed by atoms with Gasteiger partial charge in [0.1, 0.15) is 0 Å². The predicted octanol–water partition coefficient (Wildman–Crippen LogP) is 18.7. The molecule has 8 aromatic carbocycles.